The van der Waals surface area contributed by atoms with Gasteiger partial charge >= 0.3 is 0 Å². The van der Waals surface area contributed by atoms with Crippen molar-refractivity contribution in [2.24, 2.45) is 0 Å². The summed E-state index contributed by atoms with van der Waals surface area (Å²) in [5.41, 5.74) is 8.58. The molecule has 0 saturated carbocycles. The van der Waals surface area contributed by atoms with Gasteiger partial charge in [-0.25, -0.2) is 5.73 Å². The maximum absolute atomic E-state index is 7.63. The van der Waals surface area contributed by atoms with Crippen LogP contribution in [-0.2, 0) is 0 Å². The van der Waals surface area contributed by atoms with E-state index in [-0.39, 0.29) is 5.54 Å². The Labute approximate surface area is 56.2 Å². The zero-order chi connectivity index (χ0) is 6.91. The summed E-state index contributed by atoms with van der Waals surface area (Å²) in [6, 6.07) is 0. The summed E-state index contributed by atoms with van der Waals surface area (Å²) < 4.78 is 0. The highest BCUT2D eigenvalue weighted by atomic mass is 14.7. The summed E-state index contributed by atoms with van der Waals surface area (Å²) in [6.45, 7) is 4.00. The first kappa shape index (κ1) is 6.56. The molecule has 1 unspecified atom stereocenters. The third-order valence-electron chi connectivity index (χ3n) is 1.49. The molecule has 0 saturated heterocycles. The minimum Gasteiger partial charge on any atom is -0.247 e. The Balaban J connectivity index is 2.73. The van der Waals surface area contributed by atoms with Crippen LogP contribution >= 0.6 is 0 Å². The minimum absolute atomic E-state index is 0.348. The molecular formula is C8H12N. The van der Waals surface area contributed by atoms with Crippen LogP contribution in [0.1, 0.15) is 20.3 Å². The Kier molecular flexibility index (Phi) is 1.45. The number of hydrogen-bond donors (Lipinski definition) is 0. The quantitative estimate of drug-likeness (QED) is 0.469. The van der Waals surface area contributed by atoms with Gasteiger partial charge in [0.15, 0.2) is 0 Å². The van der Waals surface area contributed by atoms with Gasteiger partial charge in [-0.2, -0.15) is 0 Å². The van der Waals surface area contributed by atoms with Gasteiger partial charge in [-0.3, -0.25) is 0 Å². The summed E-state index contributed by atoms with van der Waals surface area (Å²) >= 11 is 0. The third kappa shape index (κ3) is 1.68. The van der Waals surface area contributed by atoms with E-state index in [9.17, 15) is 0 Å². The fourth-order valence-corrected chi connectivity index (χ4v) is 1.12. The predicted octanol–water partition coefficient (Wildman–Crippen LogP) is 1.93. The van der Waals surface area contributed by atoms with Crippen LogP contribution in [0.25, 0.3) is 0 Å². The molecule has 0 bridgehead atoms. The highest BCUT2D eigenvalue weighted by Crippen LogP contribution is 2.20. The Morgan fingerprint density at radius 1 is 1.67 bits per heavy atom. The largest absolute Gasteiger partial charge is 0.247 e. The molecule has 1 rings (SSSR count). The average molecular weight is 122 g/mol. The standard InChI is InChI=1S/C8H12N/c1-7-4-3-5-8(2,9)6-7/h3-5,9H,6H2,1-2H3. The lowest BCUT2D eigenvalue weighted by atomic mass is 9.90. The molecule has 0 aliphatic heterocycles. The summed E-state index contributed by atoms with van der Waals surface area (Å²) in [7, 11) is 0. The Morgan fingerprint density at radius 2 is 2.33 bits per heavy atom. The molecule has 0 spiro atoms. The van der Waals surface area contributed by atoms with E-state index in [1.165, 1.54) is 5.57 Å². The van der Waals surface area contributed by atoms with Gasteiger partial charge in [0, 0.05) is 0 Å². The molecule has 0 aromatic heterocycles. The highest BCUT2D eigenvalue weighted by molar-refractivity contribution is 5.23. The van der Waals surface area contributed by atoms with Gasteiger partial charge < -0.3 is 0 Å². The van der Waals surface area contributed by atoms with Crippen molar-refractivity contribution in [3.05, 3.63) is 23.8 Å². The molecule has 1 aliphatic carbocycles. The van der Waals surface area contributed by atoms with Crippen molar-refractivity contribution in [3.63, 3.8) is 0 Å². The smallest absolute Gasteiger partial charge is 0.0515 e. The lowest BCUT2D eigenvalue weighted by Crippen LogP contribution is -2.24. The Hall–Kier alpha value is -0.560. The van der Waals surface area contributed by atoms with E-state index in [0.717, 1.165) is 6.42 Å². The fourth-order valence-electron chi connectivity index (χ4n) is 1.12. The van der Waals surface area contributed by atoms with E-state index in [2.05, 4.69) is 13.0 Å². The van der Waals surface area contributed by atoms with Crippen LogP contribution in [0.5, 0.6) is 0 Å². The molecule has 1 atom stereocenters. The van der Waals surface area contributed by atoms with Crippen molar-refractivity contribution in [3.8, 4) is 0 Å². The maximum Gasteiger partial charge on any atom is 0.0515 e. The van der Waals surface area contributed by atoms with Crippen molar-refractivity contribution < 1.29 is 0 Å². The van der Waals surface area contributed by atoms with Crippen LogP contribution in [0.15, 0.2) is 23.8 Å². The van der Waals surface area contributed by atoms with E-state index in [1.807, 2.05) is 19.1 Å². The second kappa shape index (κ2) is 1.99. The van der Waals surface area contributed by atoms with Crippen LogP contribution in [0.4, 0.5) is 0 Å². The van der Waals surface area contributed by atoms with Crippen LogP contribution in [-0.4, -0.2) is 5.54 Å². The summed E-state index contributed by atoms with van der Waals surface area (Å²) in [5.74, 6) is 0. The number of hydrogen-bond acceptors (Lipinski definition) is 0. The molecule has 0 aromatic carbocycles. The lowest BCUT2D eigenvalue weighted by Gasteiger charge is -2.21. The summed E-state index contributed by atoms with van der Waals surface area (Å²) in [6.07, 6.45) is 6.84. The highest BCUT2D eigenvalue weighted by Gasteiger charge is 2.17. The van der Waals surface area contributed by atoms with Gasteiger partial charge in [0.1, 0.15) is 0 Å². The van der Waals surface area contributed by atoms with E-state index in [4.69, 9.17) is 5.73 Å². The van der Waals surface area contributed by atoms with Crippen LogP contribution in [0.2, 0.25) is 0 Å². The van der Waals surface area contributed by atoms with Gasteiger partial charge in [-0.1, -0.05) is 23.8 Å². The molecular weight excluding hydrogens is 110 g/mol. The predicted molar refractivity (Wildman–Crippen MR) is 39.0 cm³/mol. The van der Waals surface area contributed by atoms with Crippen molar-refractivity contribution in [2.75, 3.05) is 0 Å². The second-order valence-corrected chi connectivity index (χ2v) is 2.97. The number of allylic oxidation sites excluding steroid dienone is 2. The van der Waals surface area contributed by atoms with Gasteiger partial charge in [0.2, 0.25) is 0 Å². The minimum atomic E-state index is -0.348. The van der Waals surface area contributed by atoms with Crippen LogP contribution < -0.4 is 5.73 Å². The van der Waals surface area contributed by atoms with Crippen molar-refractivity contribution in [1.29, 1.82) is 0 Å². The van der Waals surface area contributed by atoms with Crippen molar-refractivity contribution >= 4 is 0 Å². The van der Waals surface area contributed by atoms with Crippen molar-refractivity contribution in [1.82, 2.24) is 5.73 Å². The molecule has 1 radical (unpaired) electrons. The van der Waals surface area contributed by atoms with Crippen molar-refractivity contribution in [2.45, 2.75) is 25.8 Å². The molecule has 1 N–H and O–H groups in total. The van der Waals surface area contributed by atoms with E-state index in [1.54, 1.807) is 0 Å². The fraction of sp³-hybridized carbons (Fsp3) is 0.500. The molecule has 1 aliphatic rings. The molecule has 0 fully saturated rings. The number of nitrogens with one attached hydrogen (secondary N) is 1. The van der Waals surface area contributed by atoms with E-state index >= 15 is 0 Å². The molecule has 0 aromatic rings. The molecule has 49 valence electrons. The van der Waals surface area contributed by atoms with Gasteiger partial charge in [-0.05, 0) is 20.3 Å². The monoisotopic (exact) mass is 122 g/mol. The molecule has 9 heavy (non-hydrogen) atoms. The second-order valence-electron chi connectivity index (χ2n) is 2.97. The van der Waals surface area contributed by atoms with Crippen LogP contribution in [0, 0.1) is 0 Å². The van der Waals surface area contributed by atoms with E-state index in [0.29, 0.717) is 0 Å². The Bertz CT molecular complexity index is 163. The zero-order valence-electron chi connectivity index (χ0n) is 5.94. The maximum atomic E-state index is 7.63. The first-order valence-corrected chi connectivity index (χ1v) is 3.20. The van der Waals surface area contributed by atoms with Gasteiger partial charge in [0.05, 0.1) is 5.54 Å². The average Bonchev–Trinajstić information content (AvgIpc) is 1.60. The first-order chi connectivity index (χ1) is 4.10. The summed E-state index contributed by atoms with van der Waals surface area (Å²) in [5, 5.41) is 0. The van der Waals surface area contributed by atoms with Gasteiger partial charge in [0.25, 0.3) is 0 Å². The lowest BCUT2D eigenvalue weighted by molar-refractivity contribution is 0.552. The zero-order valence-corrected chi connectivity index (χ0v) is 5.94. The SMILES string of the molecule is CC1=CC=CC(C)([NH])C1. The first-order valence-electron chi connectivity index (χ1n) is 3.20. The molecule has 1 heteroatoms. The third-order valence-corrected chi connectivity index (χ3v) is 1.49. The normalized spacial score (nSPS) is 34.3. The molecule has 0 heterocycles. The molecule has 0 amide bonds. The topological polar surface area (TPSA) is 23.8 Å². The van der Waals surface area contributed by atoms with Gasteiger partial charge in [-0.15, -0.1) is 0 Å². The van der Waals surface area contributed by atoms with Crippen LogP contribution in [0.3, 0.4) is 0 Å². The summed E-state index contributed by atoms with van der Waals surface area (Å²) in [4.78, 5) is 0. The molecule has 1 nitrogen and oxygen atoms in total. The van der Waals surface area contributed by atoms with E-state index < -0.39 is 0 Å². The number of rotatable bonds is 0. The Morgan fingerprint density at radius 3 is 2.67 bits per heavy atom.